The van der Waals surface area contributed by atoms with Crippen LogP contribution in [0.15, 0.2) is 52.0 Å². The van der Waals surface area contributed by atoms with Crippen molar-refractivity contribution in [1.29, 1.82) is 0 Å². The molecule has 0 saturated heterocycles. The first-order valence-electron chi connectivity index (χ1n) is 8.15. The van der Waals surface area contributed by atoms with Crippen LogP contribution in [0, 0.1) is 20.8 Å². The van der Waals surface area contributed by atoms with Gasteiger partial charge in [-0.2, -0.15) is 0 Å². The number of hydrogen-bond donors (Lipinski definition) is 2. The summed E-state index contributed by atoms with van der Waals surface area (Å²) in [5, 5.41) is 10.3. The quantitative estimate of drug-likeness (QED) is 0.669. The number of nitrogens with one attached hydrogen (secondary N) is 1. The van der Waals surface area contributed by atoms with Gasteiger partial charge in [0.2, 0.25) is 10.0 Å². The van der Waals surface area contributed by atoms with Crippen LogP contribution < -0.4 is 4.72 Å². The Hall–Kier alpha value is -1.93. The zero-order chi connectivity index (χ0) is 18.9. The van der Waals surface area contributed by atoms with E-state index in [9.17, 15) is 13.5 Å². The minimum atomic E-state index is -3.62. The van der Waals surface area contributed by atoms with E-state index in [4.69, 9.17) is 4.42 Å². The second-order valence-electron chi connectivity index (χ2n) is 6.27. The Morgan fingerprint density at radius 1 is 1.15 bits per heavy atom. The Bertz CT molecular complexity index is 981. The summed E-state index contributed by atoms with van der Waals surface area (Å²) in [5.74, 6) is 0.463. The fourth-order valence-corrected chi connectivity index (χ4v) is 5.55. The fraction of sp³-hybridized carbons (Fsp3) is 0.263. The van der Waals surface area contributed by atoms with E-state index < -0.39 is 16.1 Å². The number of benzene rings is 1. The minimum Gasteiger partial charge on any atom is -0.466 e. The topological polar surface area (TPSA) is 79.5 Å². The second-order valence-corrected chi connectivity index (χ2v) is 9.18. The number of aryl methyl sites for hydroxylation is 3. The zero-order valence-electron chi connectivity index (χ0n) is 14.8. The molecule has 26 heavy (non-hydrogen) atoms. The highest BCUT2D eigenvalue weighted by molar-refractivity contribution is 7.89. The minimum absolute atomic E-state index is 0.171. The van der Waals surface area contributed by atoms with E-state index in [2.05, 4.69) is 4.72 Å². The van der Waals surface area contributed by atoms with Crippen LogP contribution >= 0.6 is 11.3 Å². The van der Waals surface area contributed by atoms with Gasteiger partial charge < -0.3 is 9.52 Å². The molecule has 0 bridgehead atoms. The van der Waals surface area contributed by atoms with Crippen LogP contribution in [0.4, 0.5) is 0 Å². The molecule has 0 aliphatic heterocycles. The number of aliphatic hydroxyl groups excluding tert-OH is 1. The normalized spacial score (nSPS) is 13.1. The lowest BCUT2D eigenvalue weighted by molar-refractivity contribution is 0.193. The third-order valence-electron chi connectivity index (χ3n) is 4.07. The van der Waals surface area contributed by atoms with Crippen LogP contribution in [-0.4, -0.2) is 13.5 Å². The van der Waals surface area contributed by atoms with E-state index in [0.29, 0.717) is 15.5 Å². The van der Waals surface area contributed by atoms with E-state index in [-0.39, 0.29) is 6.54 Å². The number of rotatable bonds is 6. The maximum atomic E-state index is 12.7. The highest BCUT2D eigenvalue weighted by Gasteiger charge is 2.21. The van der Waals surface area contributed by atoms with Crippen LogP contribution in [0.5, 0.6) is 0 Å². The van der Waals surface area contributed by atoms with Crippen LogP contribution in [-0.2, 0) is 16.6 Å². The number of hydrogen-bond acceptors (Lipinski definition) is 5. The maximum Gasteiger partial charge on any atom is 0.241 e. The maximum absolute atomic E-state index is 12.7. The van der Waals surface area contributed by atoms with Crippen LogP contribution in [0.1, 0.15) is 38.3 Å². The van der Waals surface area contributed by atoms with Gasteiger partial charge in [-0.3, -0.25) is 0 Å². The molecule has 0 aliphatic carbocycles. The number of furan rings is 1. The van der Waals surface area contributed by atoms with Crippen molar-refractivity contribution < 1.29 is 17.9 Å². The van der Waals surface area contributed by atoms with Crippen LogP contribution in [0.3, 0.4) is 0 Å². The zero-order valence-corrected chi connectivity index (χ0v) is 16.4. The monoisotopic (exact) mass is 391 g/mol. The molecule has 1 atom stereocenters. The van der Waals surface area contributed by atoms with Crippen molar-refractivity contribution >= 4 is 21.4 Å². The highest BCUT2D eigenvalue weighted by atomic mass is 32.2. The van der Waals surface area contributed by atoms with Crippen LogP contribution in [0.2, 0.25) is 0 Å². The van der Waals surface area contributed by atoms with Crippen molar-refractivity contribution in [3.05, 3.63) is 74.9 Å². The highest BCUT2D eigenvalue weighted by Crippen LogP contribution is 2.29. The lowest BCUT2D eigenvalue weighted by Crippen LogP contribution is -2.24. The molecule has 138 valence electrons. The van der Waals surface area contributed by atoms with E-state index in [0.717, 1.165) is 21.6 Å². The van der Waals surface area contributed by atoms with Gasteiger partial charge in [-0.1, -0.05) is 17.7 Å². The van der Waals surface area contributed by atoms with Crippen molar-refractivity contribution in [3.8, 4) is 0 Å². The Labute approximate surface area is 157 Å². The number of thiophene rings is 1. The molecule has 0 aliphatic rings. The number of aliphatic hydroxyl groups is 1. The van der Waals surface area contributed by atoms with E-state index in [1.807, 2.05) is 25.1 Å². The SMILES string of the molecule is Cc1cc(C)c(S(=O)(=O)NCc2ccc(C(O)c3ccco3)s2)c(C)c1. The molecule has 2 N–H and O–H groups in total. The molecule has 7 heteroatoms. The Morgan fingerprint density at radius 3 is 2.46 bits per heavy atom. The van der Waals surface area contributed by atoms with E-state index in [1.165, 1.54) is 17.6 Å². The largest absolute Gasteiger partial charge is 0.466 e. The molecule has 2 aromatic heterocycles. The third-order valence-corrected chi connectivity index (χ3v) is 6.92. The summed E-state index contributed by atoms with van der Waals surface area (Å²) >= 11 is 1.35. The van der Waals surface area contributed by atoms with Crippen LogP contribution in [0.25, 0.3) is 0 Å². The first-order valence-corrected chi connectivity index (χ1v) is 10.5. The molecule has 1 unspecified atom stereocenters. The molecule has 0 spiro atoms. The molecule has 0 amide bonds. The van der Waals surface area contributed by atoms with Gasteiger partial charge in [0, 0.05) is 16.3 Å². The van der Waals surface area contributed by atoms with Gasteiger partial charge in [0.15, 0.2) is 0 Å². The first-order chi connectivity index (χ1) is 12.3. The smallest absolute Gasteiger partial charge is 0.241 e. The summed E-state index contributed by atoms with van der Waals surface area (Å²) in [6.45, 7) is 5.72. The van der Waals surface area contributed by atoms with Gasteiger partial charge in [-0.15, -0.1) is 11.3 Å². The van der Waals surface area contributed by atoms with Crippen molar-refractivity contribution in [2.24, 2.45) is 0 Å². The predicted molar refractivity (Wildman–Crippen MR) is 102 cm³/mol. The Balaban J connectivity index is 1.75. The molecule has 0 fully saturated rings. The van der Waals surface area contributed by atoms with Gasteiger partial charge in [-0.25, -0.2) is 13.1 Å². The van der Waals surface area contributed by atoms with E-state index in [1.54, 1.807) is 32.0 Å². The predicted octanol–water partition coefficient (Wildman–Crippen LogP) is 3.83. The molecular formula is C19H21NO4S2. The fourth-order valence-electron chi connectivity index (χ4n) is 3.05. The molecule has 5 nitrogen and oxygen atoms in total. The summed E-state index contributed by atoms with van der Waals surface area (Å²) < 4.78 is 33.3. The Morgan fingerprint density at radius 2 is 1.85 bits per heavy atom. The van der Waals surface area contributed by atoms with Crippen molar-refractivity contribution in [3.63, 3.8) is 0 Å². The van der Waals surface area contributed by atoms with Gasteiger partial charge in [0.05, 0.1) is 11.2 Å². The second kappa shape index (κ2) is 7.36. The molecule has 0 radical (unpaired) electrons. The average molecular weight is 392 g/mol. The molecule has 0 saturated carbocycles. The average Bonchev–Trinajstić information content (AvgIpc) is 3.23. The lowest BCUT2D eigenvalue weighted by atomic mass is 10.1. The van der Waals surface area contributed by atoms with Gasteiger partial charge in [-0.05, 0) is 56.2 Å². The standard InChI is InChI=1S/C19H21NO4S2/c1-12-9-13(2)19(14(3)10-12)26(22,23)20-11-15-6-7-17(25-15)18(21)16-5-4-8-24-16/h4-10,18,20-21H,11H2,1-3H3. The first kappa shape index (κ1) is 18.8. The molecular weight excluding hydrogens is 370 g/mol. The summed E-state index contributed by atoms with van der Waals surface area (Å²) in [6.07, 6.45) is 0.662. The summed E-state index contributed by atoms with van der Waals surface area (Å²) in [5.41, 5.74) is 2.50. The molecule has 3 aromatic rings. The van der Waals surface area contributed by atoms with Crippen molar-refractivity contribution in [2.75, 3.05) is 0 Å². The summed E-state index contributed by atoms with van der Waals surface area (Å²) in [4.78, 5) is 1.85. The van der Waals surface area contributed by atoms with Gasteiger partial charge in [0.1, 0.15) is 11.9 Å². The summed E-state index contributed by atoms with van der Waals surface area (Å²) in [6, 6.07) is 10.7. The van der Waals surface area contributed by atoms with Crippen molar-refractivity contribution in [1.82, 2.24) is 4.72 Å². The van der Waals surface area contributed by atoms with Gasteiger partial charge >= 0.3 is 0 Å². The molecule has 3 rings (SSSR count). The molecule has 1 aromatic carbocycles. The Kier molecular flexibility index (Phi) is 5.34. The van der Waals surface area contributed by atoms with Gasteiger partial charge in [0.25, 0.3) is 0 Å². The molecule has 2 heterocycles. The third kappa shape index (κ3) is 3.91. The lowest BCUT2D eigenvalue weighted by Gasteiger charge is -2.12. The van der Waals surface area contributed by atoms with E-state index >= 15 is 0 Å². The summed E-state index contributed by atoms with van der Waals surface area (Å²) in [7, 11) is -3.62. The number of sulfonamides is 1. The van der Waals surface area contributed by atoms with Crippen molar-refractivity contribution in [2.45, 2.75) is 38.3 Å².